The Kier molecular flexibility index (Phi) is 4.53. The van der Waals surface area contributed by atoms with Crippen molar-refractivity contribution in [3.05, 3.63) is 48.7 Å². The number of pyridine rings is 1. The summed E-state index contributed by atoms with van der Waals surface area (Å²) in [4.78, 5) is 6.73. The molecule has 1 aromatic heterocycles. The SMILES string of the molecule is C=CCN(CCC)c1cc(CO)nc2ccccc12. The van der Waals surface area contributed by atoms with Crippen molar-refractivity contribution < 1.29 is 5.11 Å². The second-order valence-corrected chi connectivity index (χ2v) is 4.54. The summed E-state index contributed by atoms with van der Waals surface area (Å²) in [6, 6.07) is 10.0. The van der Waals surface area contributed by atoms with Crippen LogP contribution in [-0.4, -0.2) is 23.2 Å². The molecule has 2 aromatic rings. The number of rotatable bonds is 6. The number of fused-ring (bicyclic) bond motifs is 1. The second kappa shape index (κ2) is 6.34. The average molecular weight is 256 g/mol. The molecule has 0 radical (unpaired) electrons. The van der Waals surface area contributed by atoms with Crippen molar-refractivity contribution in [3.63, 3.8) is 0 Å². The number of hydrogen-bond acceptors (Lipinski definition) is 3. The molecule has 0 atom stereocenters. The molecule has 0 aliphatic carbocycles. The first-order valence-electron chi connectivity index (χ1n) is 6.65. The van der Waals surface area contributed by atoms with Crippen LogP contribution in [0, 0.1) is 0 Å². The van der Waals surface area contributed by atoms with E-state index in [1.54, 1.807) is 0 Å². The van der Waals surface area contributed by atoms with Crippen molar-refractivity contribution in [1.82, 2.24) is 4.98 Å². The molecule has 0 aliphatic heterocycles. The van der Waals surface area contributed by atoms with Crippen molar-refractivity contribution in [1.29, 1.82) is 0 Å². The van der Waals surface area contributed by atoms with Crippen LogP contribution in [0.5, 0.6) is 0 Å². The van der Waals surface area contributed by atoms with Gasteiger partial charge >= 0.3 is 0 Å². The molecule has 0 fully saturated rings. The summed E-state index contributed by atoms with van der Waals surface area (Å²) >= 11 is 0. The predicted molar refractivity (Wildman–Crippen MR) is 80.4 cm³/mol. The highest BCUT2D eigenvalue weighted by Crippen LogP contribution is 2.27. The fraction of sp³-hybridized carbons (Fsp3) is 0.312. The van der Waals surface area contributed by atoms with E-state index < -0.39 is 0 Å². The molecular formula is C16H20N2O. The summed E-state index contributed by atoms with van der Waals surface area (Å²) in [5, 5.41) is 10.5. The largest absolute Gasteiger partial charge is 0.390 e. The molecule has 2 rings (SSSR count). The number of aliphatic hydroxyl groups is 1. The summed E-state index contributed by atoms with van der Waals surface area (Å²) in [6.07, 6.45) is 2.97. The van der Waals surface area contributed by atoms with Gasteiger partial charge in [-0.1, -0.05) is 31.2 Å². The lowest BCUT2D eigenvalue weighted by Gasteiger charge is -2.24. The second-order valence-electron chi connectivity index (χ2n) is 4.54. The molecule has 0 spiro atoms. The van der Waals surface area contributed by atoms with E-state index in [2.05, 4.69) is 29.5 Å². The van der Waals surface area contributed by atoms with Crippen LogP contribution >= 0.6 is 0 Å². The minimum absolute atomic E-state index is 0.0358. The van der Waals surface area contributed by atoms with Crippen LogP contribution in [-0.2, 0) is 6.61 Å². The zero-order valence-electron chi connectivity index (χ0n) is 11.3. The lowest BCUT2D eigenvalue weighted by atomic mass is 10.1. The van der Waals surface area contributed by atoms with Gasteiger partial charge in [-0.15, -0.1) is 6.58 Å². The van der Waals surface area contributed by atoms with Gasteiger partial charge < -0.3 is 10.0 Å². The van der Waals surface area contributed by atoms with Gasteiger partial charge in [0.1, 0.15) is 0 Å². The van der Waals surface area contributed by atoms with Crippen molar-refractivity contribution in [2.45, 2.75) is 20.0 Å². The lowest BCUT2D eigenvalue weighted by Crippen LogP contribution is -2.24. The maximum atomic E-state index is 9.36. The topological polar surface area (TPSA) is 36.4 Å². The van der Waals surface area contributed by atoms with Gasteiger partial charge in [-0.2, -0.15) is 0 Å². The van der Waals surface area contributed by atoms with Gasteiger partial charge in [0.2, 0.25) is 0 Å². The fourth-order valence-corrected chi connectivity index (χ4v) is 2.29. The average Bonchev–Trinajstić information content (AvgIpc) is 2.46. The minimum Gasteiger partial charge on any atom is -0.390 e. The molecule has 3 nitrogen and oxygen atoms in total. The number of benzene rings is 1. The van der Waals surface area contributed by atoms with Crippen LogP contribution in [0.3, 0.4) is 0 Å². The molecule has 0 saturated carbocycles. The molecule has 19 heavy (non-hydrogen) atoms. The Labute approximate surface area is 114 Å². The Hall–Kier alpha value is -1.87. The Morgan fingerprint density at radius 2 is 2.16 bits per heavy atom. The Morgan fingerprint density at radius 3 is 2.84 bits per heavy atom. The van der Waals surface area contributed by atoms with Gasteiger partial charge in [0.15, 0.2) is 0 Å². The fourth-order valence-electron chi connectivity index (χ4n) is 2.29. The first-order chi connectivity index (χ1) is 9.30. The van der Waals surface area contributed by atoms with Crippen LogP contribution < -0.4 is 4.90 Å². The van der Waals surface area contributed by atoms with Crippen LogP contribution in [0.15, 0.2) is 43.0 Å². The zero-order chi connectivity index (χ0) is 13.7. The van der Waals surface area contributed by atoms with E-state index in [1.165, 1.54) is 0 Å². The summed E-state index contributed by atoms with van der Waals surface area (Å²) in [6.45, 7) is 7.71. The highest BCUT2D eigenvalue weighted by Gasteiger charge is 2.10. The molecule has 1 heterocycles. The number of hydrogen-bond donors (Lipinski definition) is 1. The highest BCUT2D eigenvalue weighted by atomic mass is 16.3. The van der Waals surface area contributed by atoms with E-state index >= 15 is 0 Å². The summed E-state index contributed by atoms with van der Waals surface area (Å²) in [7, 11) is 0. The minimum atomic E-state index is -0.0358. The monoisotopic (exact) mass is 256 g/mol. The van der Waals surface area contributed by atoms with Crippen molar-refractivity contribution >= 4 is 16.6 Å². The van der Waals surface area contributed by atoms with Gasteiger partial charge in [-0.05, 0) is 18.6 Å². The van der Waals surface area contributed by atoms with E-state index in [0.29, 0.717) is 5.69 Å². The molecular weight excluding hydrogens is 236 g/mol. The van der Waals surface area contributed by atoms with E-state index in [-0.39, 0.29) is 6.61 Å². The third-order valence-corrected chi connectivity index (χ3v) is 3.09. The maximum Gasteiger partial charge on any atom is 0.0854 e. The molecule has 1 aromatic carbocycles. The van der Waals surface area contributed by atoms with Crippen molar-refractivity contribution in [3.8, 4) is 0 Å². The third kappa shape index (κ3) is 2.93. The van der Waals surface area contributed by atoms with Crippen molar-refractivity contribution in [2.24, 2.45) is 0 Å². The molecule has 0 unspecified atom stereocenters. The third-order valence-electron chi connectivity index (χ3n) is 3.09. The maximum absolute atomic E-state index is 9.36. The van der Waals surface area contributed by atoms with Crippen LogP contribution in [0.1, 0.15) is 19.0 Å². The van der Waals surface area contributed by atoms with E-state index in [1.807, 2.05) is 30.3 Å². The molecule has 0 bridgehead atoms. The Bertz CT molecular complexity index is 566. The molecule has 1 N–H and O–H groups in total. The lowest BCUT2D eigenvalue weighted by molar-refractivity contribution is 0.277. The Balaban J connectivity index is 2.57. The van der Waals surface area contributed by atoms with Gasteiger partial charge in [0.05, 0.1) is 17.8 Å². The van der Waals surface area contributed by atoms with Gasteiger partial charge in [-0.25, -0.2) is 0 Å². The summed E-state index contributed by atoms with van der Waals surface area (Å²) in [5.74, 6) is 0. The van der Waals surface area contributed by atoms with Gasteiger partial charge in [0, 0.05) is 24.2 Å². The normalized spacial score (nSPS) is 10.6. The van der Waals surface area contributed by atoms with Gasteiger partial charge in [0.25, 0.3) is 0 Å². The van der Waals surface area contributed by atoms with Crippen molar-refractivity contribution in [2.75, 3.05) is 18.0 Å². The molecule has 0 amide bonds. The molecule has 3 heteroatoms. The van der Waals surface area contributed by atoms with Crippen LogP contribution in [0.4, 0.5) is 5.69 Å². The highest BCUT2D eigenvalue weighted by molar-refractivity contribution is 5.92. The number of anilines is 1. The number of aromatic nitrogens is 1. The van der Waals surface area contributed by atoms with E-state index in [4.69, 9.17) is 0 Å². The van der Waals surface area contributed by atoms with E-state index in [0.717, 1.165) is 36.1 Å². The molecule has 0 aliphatic rings. The first kappa shape index (κ1) is 13.6. The zero-order valence-corrected chi connectivity index (χ0v) is 11.3. The molecule has 0 saturated heterocycles. The number of para-hydroxylation sites is 1. The molecule has 100 valence electrons. The quantitative estimate of drug-likeness (QED) is 0.807. The van der Waals surface area contributed by atoms with Crippen LogP contribution in [0.2, 0.25) is 0 Å². The smallest absolute Gasteiger partial charge is 0.0854 e. The summed E-state index contributed by atoms with van der Waals surface area (Å²) < 4.78 is 0. The standard InChI is InChI=1S/C16H20N2O/c1-3-9-18(10-4-2)16-11-13(12-19)17-15-8-6-5-7-14(15)16/h3,5-8,11,19H,1,4,9-10,12H2,2H3. The van der Waals surface area contributed by atoms with Crippen LogP contribution in [0.25, 0.3) is 10.9 Å². The number of aliphatic hydroxyl groups excluding tert-OH is 1. The Morgan fingerprint density at radius 1 is 1.37 bits per heavy atom. The van der Waals surface area contributed by atoms with Gasteiger partial charge in [-0.3, -0.25) is 4.98 Å². The predicted octanol–water partition coefficient (Wildman–Crippen LogP) is 3.13. The van der Waals surface area contributed by atoms with E-state index in [9.17, 15) is 5.11 Å². The first-order valence-corrected chi connectivity index (χ1v) is 6.65. The number of nitrogens with zero attached hydrogens (tertiary/aromatic N) is 2. The summed E-state index contributed by atoms with van der Waals surface area (Å²) in [5.41, 5.74) is 2.75.